The fourth-order valence-corrected chi connectivity index (χ4v) is 3.07. The molecule has 5 heteroatoms. The molecule has 1 saturated heterocycles. The van der Waals surface area contributed by atoms with Gasteiger partial charge in [0.1, 0.15) is 0 Å². The van der Waals surface area contributed by atoms with Gasteiger partial charge in [0.05, 0.1) is 12.0 Å². The van der Waals surface area contributed by atoms with Crippen LogP contribution in [-0.4, -0.2) is 32.7 Å². The van der Waals surface area contributed by atoms with Gasteiger partial charge in [-0.1, -0.05) is 6.07 Å². The summed E-state index contributed by atoms with van der Waals surface area (Å²) in [5.74, 6) is 0.0699. The van der Waals surface area contributed by atoms with Crippen molar-refractivity contribution in [2.75, 3.05) is 32.1 Å². The van der Waals surface area contributed by atoms with Gasteiger partial charge >= 0.3 is 0 Å². The molecule has 1 aromatic rings. The van der Waals surface area contributed by atoms with Gasteiger partial charge in [-0.3, -0.25) is 4.79 Å². The van der Waals surface area contributed by atoms with E-state index in [4.69, 9.17) is 4.74 Å². The predicted octanol–water partition coefficient (Wildman–Crippen LogP) is 2.55. The number of carbonyl (C=O) groups is 1. The molecular weight excluding hydrogens is 367 g/mol. The van der Waals surface area contributed by atoms with Crippen LogP contribution in [-0.2, 0) is 9.53 Å². The highest BCUT2D eigenvalue weighted by Crippen LogP contribution is 2.31. The van der Waals surface area contributed by atoms with Crippen LogP contribution in [0.1, 0.15) is 18.4 Å². The van der Waals surface area contributed by atoms with E-state index in [0.29, 0.717) is 6.61 Å². The summed E-state index contributed by atoms with van der Waals surface area (Å²) in [4.78, 5) is 12.7. The van der Waals surface area contributed by atoms with E-state index in [1.54, 1.807) is 7.11 Å². The zero-order valence-corrected chi connectivity index (χ0v) is 14.1. The molecule has 1 heterocycles. The molecule has 0 aromatic heterocycles. The second-order valence-electron chi connectivity index (χ2n) is 5.38. The minimum atomic E-state index is -0.406. The summed E-state index contributed by atoms with van der Waals surface area (Å²) in [5, 5.41) is 6.35. The number of hydrogen-bond acceptors (Lipinski definition) is 3. The molecule has 0 unspecified atom stereocenters. The third-order valence-corrected chi connectivity index (χ3v) is 5.05. The highest BCUT2D eigenvalue weighted by molar-refractivity contribution is 14.1. The Morgan fingerprint density at radius 2 is 2.15 bits per heavy atom. The van der Waals surface area contributed by atoms with E-state index >= 15 is 0 Å². The quantitative estimate of drug-likeness (QED) is 0.780. The van der Waals surface area contributed by atoms with Crippen LogP contribution in [0.15, 0.2) is 18.2 Å². The lowest BCUT2D eigenvalue weighted by Gasteiger charge is -2.35. The van der Waals surface area contributed by atoms with Crippen molar-refractivity contribution in [2.24, 2.45) is 5.41 Å². The Morgan fingerprint density at radius 3 is 2.75 bits per heavy atom. The summed E-state index contributed by atoms with van der Waals surface area (Å²) < 4.78 is 6.46. The maximum absolute atomic E-state index is 12.7. The third kappa shape index (κ3) is 3.51. The third-order valence-electron chi connectivity index (χ3n) is 3.89. The molecule has 2 rings (SSSR count). The average molecular weight is 388 g/mol. The number of carbonyl (C=O) groups excluding carboxylic acids is 1. The summed E-state index contributed by atoms with van der Waals surface area (Å²) in [6, 6.07) is 6.00. The van der Waals surface area contributed by atoms with E-state index in [2.05, 4.69) is 40.1 Å². The molecule has 1 fully saturated rings. The van der Waals surface area contributed by atoms with Crippen molar-refractivity contribution < 1.29 is 9.53 Å². The number of ether oxygens (including phenoxy) is 1. The van der Waals surface area contributed by atoms with Gasteiger partial charge in [-0.2, -0.15) is 0 Å². The minimum absolute atomic E-state index is 0.0699. The largest absolute Gasteiger partial charge is 0.384 e. The van der Waals surface area contributed by atoms with Crippen molar-refractivity contribution in [2.45, 2.75) is 19.8 Å². The first-order chi connectivity index (χ1) is 9.57. The van der Waals surface area contributed by atoms with E-state index in [9.17, 15) is 4.79 Å². The zero-order chi connectivity index (χ0) is 14.6. The van der Waals surface area contributed by atoms with Crippen LogP contribution in [0, 0.1) is 15.9 Å². The SMILES string of the molecule is COCC1(C(=O)Nc2ccc(C)c(I)c2)CCNCC1. The molecule has 0 saturated carbocycles. The van der Waals surface area contributed by atoms with Gasteiger partial charge in [0.15, 0.2) is 0 Å². The first kappa shape index (κ1) is 15.7. The van der Waals surface area contributed by atoms with Crippen molar-refractivity contribution in [3.05, 3.63) is 27.3 Å². The summed E-state index contributed by atoms with van der Waals surface area (Å²) >= 11 is 2.29. The van der Waals surface area contributed by atoms with Crippen molar-refractivity contribution in [3.63, 3.8) is 0 Å². The normalized spacial score (nSPS) is 17.8. The predicted molar refractivity (Wildman–Crippen MR) is 88.9 cm³/mol. The summed E-state index contributed by atoms with van der Waals surface area (Å²) in [7, 11) is 1.66. The number of halogens is 1. The van der Waals surface area contributed by atoms with Gasteiger partial charge in [-0.05, 0) is 73.1 Å². The molecule has 0 atom stereocenters. The first-order valence-corrected chi connectivity index (χ1v) is 7.92. The summed E-state index contributed by atoms with van der Waals surface area (Å²) in [5.41, 5.74) is 1.67. The first-order valence-electron chi connectivity index (χ1n) is 6.85. The Balaban J connectivity index is 2.13. The molecule has 0 spiro atoms. The summed E-state index contributed by atoms with van der Waals surface area (Å²) in [6.07, 6.45) is 1.63. The molecule has 1 aromatic carbocycles. The summed E-state index contributed by atoms with van der Waals surface area (Å²) in [6.45, 7) is 4.26. The topological polar surface area (TPSA) is 50.4 Å². The second-order valence-corrected chi connectivity index (χ2v) is 6.54. The van der Waals surface area contributed by atoms with Crippen LogP contribution in [0.2, 0.25) is 0 Å². The number of aryl methyl sites for hydroxylation is 1. The minimum Gasteiger partial charge on any atom is -0.384 e. The lowest BCUT2D eigenvalue weighted by molar-refractivity contribution is -0.130. The Labute approximate surface area is 133 Å². The fraction of sp³-hybridized carbons (Fsp3) is 0.533. The molecular formula is C15H21IN2O2. The molecule has 4 nitrogen and oxygen atoms in total. The smallest absolute Gasteiger partial charge is 0.233 e. The Kier molecular flexibility index (Phi) is 5.40. The van der Waals surface area contributed by atoms with Gasteiger partial charge in [0, 0.05) is 16.4 Å². The standard InChI is InChI=1S/C15H21IN2O2/c1-11-3-4-12(9-13(11)16)18-14(19)15(10-20-2)5-7-17-8-6-15/h3-4,9,17H,5-8,10H2,1-2H3,(H,18,19). The maximum atomic E-state index is 12.7. The van der Waals surface area contributed by atoms with Gasteiger partial charge in [-0.25, -0.2) is 0 Å². The lowest BCUT2D eigenvalue weighted by atomic mass is 9.78. The molecule has 0 aliphatic carbocycles. The van der Waals surface area contributed by atoms with Crippen LogP contribution < -0.4 is 10.6 Å². The number of piperidine rings is 1. The average Bonchev–Trinajstić information content (AvgIpc) is 2.44. The lowest BCUT2D eigenvalue weighted by Crippen LogP contribution is -2.47. The molecule has 20 heavy (non-hydrogen) atoms. The van der Waals surface area contributed by atoms with Crippen LogP contribution in [0.25, 0.3) is 0 Å². The molecule has 0 bridgehead atoms. The van der Waals surface area contributed by atoms with Gasteiger partial charge in [0.25, 0.3) is 0 Å². The number of benzene rings is 1. The Morgan fingerprint density at radius 1 is 1.45 bits per heavy atom. The molecule has 1 amide bonds. The second kappa shape index (κ2) is 6.87. The molecule has 0 radical (unpaired) electrons. The van der Waals surface area contributed by atoms with Gasteiger partial charge in [-0.15, -0.1) is 0 Å². The van der Waals surface area contributed by atoms with E-state index in [1.165, 1.54) is 5.56 Å². The molecule has 2 N–H and O–H groups in total. The molecule has 1 aliphatic heterocycles. The van der Waals surface area contributed by atoms with E-state index in [-0.39, 0.29) is 5.91 Å². The number of rotatable bonds is 4. The zero-order valence-electron chi connectivity index (χ0n) is 12.0. The van der Waals surface area contributed by atoms with E-state index in [0.717, 1.165) is 35.2 Å². The number of anilines is 1. The van der Waals surface area contributed by atoms with E-state index in [1.807, 2.05) is 18.2 Å². The van der Waals surface area contributed by atoms with Gasteiger partial charge < -0.3 is 15.4 Å². The highest BCUT2D eigenvalue weighted by Gasteiger charge is 2.39. The van der Waals surface area contributed by atoms with Crippen molar-refractivity contribution in [1.29, 1.82) is 0 Å². The number of nitrogens with one attached hydrogen (secondary N) is 2. The van der Waals surface area contributed by atoms with E-state index < -0.39 is 5.41 Å². The van der Waals surface area contributed by atoms with Gasteiger partial charge in [0.2, 0.25) is 5.91 Å². The Bertz CT molecular complexity index is 479. The Hall–Kier alpha value is -0.660. The maximum Gasteiger partial charge on any atom is 0.233 e. The monoisotopic (exact) mass is 388 g/mol. The van der Waals surface area contributed by atoms with Crippen molar-refractivity contribution >= 4 is 34.2 Å². The number of hydrogen-bond donors (Lipinski definition) is 2. The molecule has 1 aliphatic rings. The van der Waals surface area contributed by atoms with Crippen molar-refractivity contribution in [1.82, 2.24) is 5.32 Å². The number of amides is 1. The van der Waals surface area contributed by atoms with Crippen LogP contribution in [0.3, 0.4) is 0 Å². The highest BCUT2D eigenvalue weighted by atomic mass is 127. The molecule has 110 valence electrons. The van der Waals surface area contributed by atoms with Crippen LogP contribution in [0.4, 0.5) is 5.69 Å². The van der Waals surface area contributed by atoms with Crippen LogP contribution >= 0.6 is 22.6 Å². The van der Waals surface area contributed by atoms with Crippen molar-refractivity contribution in [3.8, 4) is 0 Å². The van der Waals surface area contributed by atoms with Crippen LogP contribution in [0.5, 0.6) is 0 Å². The number of methoxy groups -OCH3 is 1. The fourth-order valence-electron chi connectivity index (χ4n) is 2.55.